The largest absolute Gasteiger partial charge is 0.358 e. The predicted octanol–water partition coefficient (Wildman–Crippen LogP) is 1.22. The minimum absolute atomic E-state index is 0.0274. The number of carbonyl (C=O) groups is 1. The first-order valence-corrected chi connectivity index (χ1v) is 8.07. The van der Waals surface area contributed by atoms with Crippen molar-refractivity contribution < 1.29 is 4.79 Å². The lowest BCUT2D eigenvalue weighted by Crippen LogP contribution is -2.58. The molecule has 21 heavy (non-hydrogen) atoms. The molecule has 0 bridgehead atoms. The van der Waals surface area contributed by atoms with E-state index in [9.17, 15) is 4.79 Å². The van der Waals surface area contributed by atoms with E-state index in [0.717, 1.165) is 12.8 Å². The summed E-state index contributed by atoms with van der Waals surface area (Å²) in [5.41, 5.74) is 5.91. The molecule has 1 rings (SSSR count). The summed E-state index contributed by atoms with van der Waals surface area (Å²) in [5, 5.41) is 6.99. The summed E-state index contributed by atoms with van der Waals surface area (Å²) >= 11 is 5.39. The van der Waals surface area contributed by atoms with E-state index >= 15 is 0 Å². The molecule has 1 aliphatic carbocycles. The Bertz CT molecular complexity index is 378. The first-order chi connectivity index (χ1) is 9.62. The number of carbonyl (C=O) groups excluding carboxylic acids is 1. The maximum atomic E-state index is 12.3. The van der Waals surface area contributed by atoms with Crippen LogP contribution in [0.4, 0.5) is 0 Å². The molecular formula is C15H30N4OS. The van der Waals surface area contributed by atoms with Gasteiger partial charge in [0.1, 0.15) is 6.04 Å². The van der Waals surface area contributed by atoms with Crippen molar-refractivity contribution in [1.29, 1.82) is 0 Å². The van der Waals surface area contributed by atoms with Crippen LogP contribution in [-0.4, -0.2) is 48.1 Å². The molecule has 0 saturated heterocycles. The van der Waals surface area contributed by atoms with Gasteiger partial charge in [-0.3, -0.25) is 4.79 Å². The summed E-state index contributed by atoms with van der Waals surface area (Å²) in [6.45, 7) is 6.09. The molecule has 4 N–H and O–H groups in total. The second-order valence-corrected chi connectivity index (χ2v) is 7.61. The molecule has 6 heteroatoms. The zero-order chi connectivity index (χ0) is 16.2. The summed E-state index contributed by atoms with van der Waals surface area (Å²) in [6, 6.07) is -0.0164. The molecule has 122 valence electrons. The normalized spacial score (nSPS) is 24.1. The third-order valence-corrected chi connectivity index (χ3v) is 4.20. The zero-order valence-electron chi connectivity index (χ0n) is 13.9. The van der Waals surface area contributed by atoms with Gasteiger partial charge in [-0.05, 0) is 30.5 Å². The van der Waals surface area contributed by atoms with Gasteiger partial charge in [0, 0.05) is 26.2 Å². The molecule has 1 aliphatic rings. The van der Waals surface area contributed by atoms with Crippen molar-refractivity contribution in [3.8, 4) is 0 Å². The Morgan fingerprint density at radius 1 is 1.29 bits per heavy atom. The molecule has 0 aromatic heterocycles. The molecule has 0 spiro atoms. The SMILES string of the molecule is CN(C)C(=O)[C@H](NC(=S)N[C@H]1CCCC[C@@H]1N)C(C)(C)C. The Kier molecular flexibility index (Phi) is 6.41. The fraction of sp³-hybridized carbons (Fsp3) is 0.867. The molecule has 0 aromatic rings. The Balaban J connectivity index is 2.66. The van der Waals surface area contributed by atoms with Gasteiger partial charge < -0.3 is 21.3 Å². The number of rotatable bonds is 3. The second-order valence-electron chi connectivity index (χ2n) is 7.20. The van der Waals surface area contributed by atoms with Crippen molar-refractivity contribution >= 4 is 23.2 Å². The van der Waals surface area contributed by atoms with Crippen molar-refractivity contribution in [2.24, 2.45) is 11.1 Å². The van der Waals surface area contributed by atoms with Crippen LogP contribution in [0.1, 0.15) is 46.5 Å². The second kappa shape index (κ2) is 7.40. The standard InChI is InChI=1S/C15H30N4OS/c1-15(2,3)12(13(20)19(4)5)18-14(21)17-11-9-7-6-8-10(11)16/h10-12H,6-9,16H2,1-5H3,(H2,17,18,21)/t10-,11-,12-/m0/s1. The third-order valence-electron chi connectivity index (χ3n) is 3.97. The van der Waals surface area contributed by atoms with E-state index in [4.69, 9.17) is 18.0 Å². The Morgan fingerprint density at radius 3 is 2.33 bits per heavy atom. The van der Waals surface area contributed by atoms with Gasteiger partial charge in [0.2, 0.25) is 5.91 Å². The maximum absolute atomic E-state index is 12.3. The fourth-order valence-corrected chi connectivity index (χ4v) is 2.86. The lowest BCUT2D eigenvalue weighted by atomic mass is 9.86. The molecule has 0 heterocycles. The minimum Gasteiger partial charge on any atom is -0.358 e. The topological polar surface area (TPSA) is 70.4 Å². The number of nitrogens with two attached hydrogens (primary N) is 1. The van der Waals surface area contributed by atoms with Crippen LogP contribution in [-0.2, 0) is 4.79 Å². The average Bonchev–Trinajstić information content (AvgIpc) is 2.36. The quantitative estimate of drug-likeness (QED) is 0.683. The van der Waals surface area contributed by atoms with E-state index in [2.05, 4.69) is 10.6 Å². The van der Waals surface area contributed by atoms with Gasteiger partial charge in [0.15, 0.2) is 5.11 Å². The number of thiocarbonyl (C=S) groups is 1. The molecule has 5 nitrogen and oxygen atoms in total. The molecule has 0 radical (unpaired) electrons. The van der Waals surface area contributed by atoms with Crippen molar-refractivity contribution in [3.63, 3.8) is 0 Å². The molecule has 0 aromatic carbocycles. The van der Waals surface area contributed by atoms with Gasteiger partial charge in [0.25, 0.3) is 0 Å². The molecule has 0 unspecified atom stereocenters. The highest BCUT2D eigenvalue weighted by Gasteiger charge is 2.33. The Hall–Kier alpha value is -0.880. The van der Waals surface area contributed by atoms with Crippen LogP contribution >= 0.6 is 12.2 Å². The summed E-state index contributed by atoms with van der Waals surface area (Å²) in [6.07, 6.45) is 4.42. The Morgan fingerprint density at radius 2 is 1.86 bits per heavy atom. The predicted molar refractivity (Wildman–Crippen MR) is 91.0 cm³/mol. The van der Waals surface area contributed by atoms with E-state index in [0.29, 0.717) is 5.11 Å². The molecular weight excluding hydrogens is 284 g/mol. The number of hydrogen-bond acceptors (Lipinski definition) is 3. The van der Waals surface area contributed by atoms with Crippen LogP contribution in [0, 0.1) is 5.41 Å². The number of amides is 1. The summed E-state index contributed by atoms with van der Waals surface area (Å²) in [4.78, 5) is 13.9. The van der Waals surface area contributed by atoms with Crippen LogP contribution in [0.2, 0.25) is 0 Å². The smallest absolute Gasteiger partial charge is 0.245 e. The van der Waals surface area contributed by atoms with Gasteiger partial charge in [-0.15, -0.1) is 0 Å². The highest BCUT2D eigenvalue weighted by Crippen LogP contribution is 2.21. The molecule has 3 atom stereocenters. The maximum Gasteiger partial charge on any atom is 0.245 e. The first-order valence-electron chi connectivity index (χ1n) is 7.66. The average molecular weight is 314 g/mol. The van der Waals surface area contributed by atoms with Crippen molar-refractivity contribution in [1.82, 2.24) is 15.5 Å². The van der Waals surface area contributed by atoms with Crippen LogP contribution in [0.25, 0.3) is 0 Å². The minimum atomic E-state index is -0.354. The number of likely N-dealkylation sites (N-methyl/N-ethyl adjacent to an activating group) is 1. The van der Waals surface area contributed by atoms with Gasteiger partial charge in [-0.2, -0.15) is 0 Å². The van der Waals surface area contributed by atoms with Gasteiger partial charge in [-0.25, -0.2) is 0 Å². The van der Waals surface area contributed by atoms with Crippen molar-refractivity contribution in [2.75, 3.05) is 14.1 Å². The van der Waals surface area contributed by atoms with Crippen LogP contribution in [0.5, 0.6) is 0 Å². The van der Waals surface area contributed by atoms with E-state index in [1.54, 1.807) is 19.0 Å². The summed E-state index contributed by atoms with van der Waals surface area (Å²) in [7, 11) is 3.52. The molecule has 1 saturated carbocycles. The summed E-state index contributed by atoms with van der Waals surface area (Å²) in [5.74, 6) is 0.0274. The monoisotopic (exact) mass is 314 g/mol. The lowest BCUT2D eigenvalue weighted by Gasteiger charge is -2.35. The number of nitrogens with zero attached hydrogens (tertiary/aromatic N) is 1. The molecule has 1 amide bonds. The molecule has 1 fully saturated rings. The zero-order valence-corrected chi connectivity index (χ0v) is 14.7. The highest BCUT2D eigenvalue weighted by molar-refractivity contribution is 7.80. The fourth-order valence-electron chi connectivity index (χ4n) is 2.59. The van der Waals surface area contributed by atoms with Gasteiger partial charge >= 0.3 is 0 Å². The third kappa shape index (κ3) is 5.43. The van der Waals surface area contributed by atoms with Crippen molar-refractivity contribution in [3.05, 3.63) is 0 Å². The Labute approximate surface area is 134 Å². The summed E-state index contributed by atoms with van der Waals surface area (Å²) < 4.78 is 0. The van der Waals surface area contributed by atoms with E-state index < -0.39 is 0 Å². The van der Waals surface area contributed by atoms with Crippen molar-refractivity contribution in [2.45, 2.75) is 64.6 Å². The van der Waals surface area contributed by atoms with Gasteiger partial charge in [0.05, 0.1) is 0 Å². The van der Waals surface area contributed by atoms with Crippen LogP contribution in [0.3, 0.4) is 0 Å². The van der Waals surface area contributed by atoms with Gasteiger partial charge in [-0.1, -0.05) is 33.6 Å². The highest BCUT2D eigenvalue weighted by atomic mass is 32.1. The number of hydrogen-bond donors (Lipinski definition) is 3. The van der Waals surface area contributed by atoms with Crippen LogP contribution < -0.4 is 16.4 Å². The lowest BCUT2D eigenvalue weighted by molar-refractivity contribution is -0.133. The molecule has 0 aliphatic heterocycles. The van der Waals surface area contributed by atoms with E-state index in [1.807, 2.05) is 20.8 Å². The first kappa shape index (κ1) is 18.2. The van der Waals surface area contributed by atoms with E-state index in [1.165, 1.54) is 12.8 Å². The van der Waals surface area contributed by atoms with E-state index in [-0.39, 0.29) is 29.4 Å². The number of nitrogens with one attached hydrogen (secondary N) is 2. The van der Waals surface area contributed by atoms with Crippen LogP contribution in [0.15, 0.2) is 0 Å².